The number of nitrogens with zero attached hydrogens (tertiary/aromatic N) is 3. The van der Waals surface area contributed by atoms with E-state index in [1.807, 2.05) is 12.1 Å². The molecule has 1 aliphatic rings. The predicted molar refractivity (Wildman–Crippen MR) is 132 cm³/mol. The molecule has 0 radical (unpaired) electrons. The Morgan fingerprint density at radius 1 is 1.16 bits per heavy atom. The highest BCUT2D eigenvalue weighted by Crippen LogP contribution is 2.33. The van der Waals surface area contributed by atoms with Gasteiger partial charge in [-0.15, -0.1) is 0 Å². The molecular formula is C26H27FN4O6. The monoisotopic (exact) mass is 510 g/mol. The molecule has 194 valence electrons. The maximum Gasteiger partial charge on any atom is 0.254 e. The minimum Gasteiger partial charge on any atom is -0.488 e. The molecule has 1 N–H and O–H groups in total. The van der Waals surface area contributed by atoms with Crippen LogP contribution in [0.15, 0.2) is 47.0 Å². The van der Waals surface area contributed by atoms with E-state index in [2.05, 4.69) is 15.4 Å². The van der Waals surface area contributed by atoms with Crippen LogP contribution in [-0.4, -0.2) is 86.0 Å². The zero-order valence-corrected chi connectivity index (χ0v) is 20.5. The Labute approximate surface area is 212 Å². The topological polar surface area (TPSA) is 112 Å². The molecule has 3 heterocycles. The van der Waals surface area contributed by atoms with Crippen LogP contribution in [0.25, 0.3) is 33.6 Å². The van der Waals surface area contributed by atoms with Crippen molar-refractivity contribution in [2.75, 3.05) is 53.8 Å². The smallest absolute Gasteiger partial charge is 0.254 e. The van der Waals surface area contributed by atoms with Gasteiger partial charge in [-0.05, 0) is 18.2 Å². The van der Waals surface area contributed by atoms with Crippen LogP contribution in [0.1, 0.15) is 10.4 Å². The van der Waals surface area contributed by atoms with Gasteiger partial charge in [-0.3, -0.25) is 9.89 Å². The molecule has 2 aromatic carbocycles. The number of halogens is 1. The van der Waals surface area contributed by atoms with Crippen LogP contribution < -0.4 is 4.74 Å². The number of ether oxygens (including phenoxy) is 4. The van der Waals surface area contributed by atoms with E-state index in [9.17, 15) is 9.18 Å². The van der Waals surface area contributed by atoms with E-state index in [1.54, 1.807) is 43.4 Å². The average molecular weight is 511 g/mol. The molecule has 1 fully saturated rings. The summed E-state index contributed by atoms with van der Waals surface area (Å²) in [4.78, 5) is 14.8. The van der Waals surface area contributed by atoms with E-state index >= 15 is 0 Å². The van der Waals surface area contributed by atoms with Gasteiger partial charge in [-0.2, -0.15) is 5.10 Å². The Morgan fingerprint density at radius 3 is 2.78 bits per heavy atom. The van der Waals surface area contributed by atoms with Crippen molar-refractivity contribution >= 4 is 16.8 Å². The third-order valence-corrected chi connectivity index (χ3v) is 6.18. The van der Waals surface area contributed by atoms with Crippen molar-refractivity contribution in [3.63, 3.8) is 0 Å². The van der Waals surface area contributed by atoms with Gasteiger partial charge in [0.25, 0.3) is 5.91 Å². The van der Waals surface area contributed by atoms with Gasteiger partial charge in [0.15, 0.2) is 17.3 Å². The lowest BCUT2D eigenvalue weighted by molar-refractivity contribution is -0.0251. The largest absolute Gasteiger partial charge is 0.488 e. The lowest BCUT2D eigenvalue weighted by Crippen LogP contribution is -2.50. The fourth-order valence-corrected chi connectivity index (χ4v) is 4.28. The number of morpholine rings is 1. The molecule has 1 saturated heterocycles. The molecule has 1 amide bonds. The Bertz CT molecular complexity index is 1370. The molecule has 10 nitrogen and oxygen atoms in total. The first-order valence-electron chi connectivity index (χ1n) is 11.8. The first-order chi connectivity index (χ1) is 18.1. The molecule has 4 aromatic rings. The summed E-state index contributed by atoms with van der Waals surface area (Å²) in [7, 11) is 3.16. The number of H-pyrrole nitrogens is 1. The molecule has 11 heteroatoms. The molecule has 1 aliphatic heterocycles. The molecule has 37 heavy (non-hydrogen) atoms. The number of methoxy groups -OCH3 is 2. The first-order valence-corrected chi connectivity index (χ1v) is 11.8. The highest BCUT2D eigenvalue weighted by atomic mass is 19.1. The third kappa shape index (κ3) is 5.19. The van der Waals surface area contributed by atoms with E-state index < -0.39 is 5.82 Å². The highest BCUT2D eigenvalue weighted by molar-refractivity contribution is 5.95. The second-order valence-corrected chi connectivity index (χ2v) is 8.58. The quantitative estimate of drug-likeness (QED) is 0.341. The summed E-state index contributed by atoms with van der Waals surface area (Å²) in [6.45, 7) is 2.46. The van der Waals surface area contributed by atoms with Crippen molar-refractivity contribution in [3.8, 4) is 28.5 Å². The number of aromatic amines is 1. The van der Waals surface area contributed by atoms with Gasteiger partial charge in [0.05, 0.1) is 38.0 Å². The molecule has 1 atom stereocenters. The van der Waals surface area contributed by atoms with Crippen LogP contribution in [-0.2, 0) is 14.2 Å². The zero-order valence-electron chi connectivity index (χ0n) is 20.5. The van der Waals surface area contributed by atoms with Gasteiger partial charge in [0.1, 0.15) is 18.0 Å². The molecule has 2 aromatic heterocycles. The molecule has 0 aliphatic carbocycles. The van der Waals surface area contributed by atoms with Crippen molar-refractivity contribution < 1.29 is 32.7 Å². The lowest BCUT2D eigenvalue weighted by Gasteiger charge is -2.35. The van der Waals surface area contributed by atoms with E-state index in [0.29, 0.717) is 66.6 Å². The fraction of sp³-hybridized carbons (Fsp3) is 0.346. The lowest BCUT2D eigenvalue weighted by atomic mass is 10.1. The van der Waals surface area contributed by atoms with E-state index in [0.717, 1.165) is 5.56 Å². The SMILES string of the molecule is COCCOc1cc2[nH]nc(-c3cc(-c4ccc(C(=O)N5CCOC[C@H]5COC)cc4)no3)c2cc1F. The number of carbonyl (C=O) groups is 1. The average Bonchev–Trinajstić information content (AvgIpc) is 3.56. The number of aromatic nitrogens is 3. The maximum absolute atomic E-state index is 14.6. The summed E-state index contributed by atoms with van der Waals surface area (Å²) in [6.07, 6.45) is 0. The van der Waals surface area contributed by atoms with Gasteiger partial charge < -0.3 is 28.4 Å². The number of amides is 1. The normalized spacial score (nSPS) is 15.9. The number of benzene rings is 2. The second kappa shape index (κ2) is 11.1. The molecule has 5 rings (SSSR count). The van der Waals surface area contributed by atoms with Crippen molar-refractivity contribution in [2.24, 2.45) is 0 Å². The van der Waals surface area contributed by atoms with Gasteiger partial charge in [-0.1, -0.05) is 17.3 Å². The number of fused-ring (bicyclic) bond motifs is 1. The highest BCUT2D eigenvalue weighted by Gasteiger charge is 2.28. The fourth-order valence-electron chi connectivity index (χ4n) is 4.28. The van der Waals surface area contributed by atoms with Gasteiger partial charge in [0, 0.05) is 49.4 Å². The molecule has 0 unspecified atom stereocenters. The Morgan fingerprint density at radius 2 is 2.00 bits per heavy atom. The summed E-state index contributed by atoms with van der Waals surface area (Å²) >= 11 is 0. The number of nitrogens with one attached hydrogen (secondary N) is 1. The number of hydrogen-bond donors (Lipinski definition) is 1. The third-order valence-electron chi connectivity index (χ3n) is 6.18. The van der Waals surface area contributed by atoms with E-state index in [-0.39, 0.29) is 24.3 Å². The summed E-state index contributed by atoms with van der Waals surface area (Å²) < 4.78 is 41.2. The van der Waals surface area contributed by atoms with Crippen molar-refractivity contribution in [1.82, 2.24) is 20.3 Å². The Hall–Kier alpha value is -3.80. The Balaban J connectivity index is 1.33. The summed E-state index contributed by atoms with van der Waals surface area (Å²) in [5.74, 6) is -0.101. The van der Waals surface area contributed by atoms with Gasteiger partial charge >= 0.3 is 0 Å². The van der Waals surface area contributed by atoms with Gasteiger partial charge in [-0.25, -0.2) is 4.39 Å². The van der Waals surface area contributed by atoms with Crippen molar-refractivity contribution in [3.05, 3.63) is 53.8 Å². The predicted octanol–water partition coefficient (Wildman–Crippen LogP) is 3.54. The molecule has 0 spiro atoms. The van der Waals surface area contributed by atoms with Crippen LogP contribution in [0.2, 0.25) is 0 Å². The second-order valence-electron chi connectivity index (χ2n) is 8.58. The minimum atomic E-state index is -0.515. The summed E-state index contributed by atoms with van der Waals surface area (Å²) in [5.41, 5.74) is 2.92. The van der Waals surface area contributed by atoms with Crippen molar-refractivity contribution in [2.45, 2.75) is 6.04 Å². The standard InChI is InChI=1S/C26H27FN4O6/c1-33-9-10-36-23-13-22-19(11-20(23)27)25(29-28-22)24-12-21(30-37-24)16-3-5-17(6-4-16)26(32)31-7-8-35-15-18(31)14-34-2/h3-6,11-13,18H,7-10,14-15H2,1-2H3,(H,28,29)/t18-/m1/s1. The minimum absolute atomic E-state index is 0.0756. The van der Waals surface area contributed by atoms with Crippen molar-refractivity contribution in [1.29, 1.82) is 0 Å². The van der Waals surface area contributed by atoms with E-state index in [4.69, 9.17) is 23.5 Å². The van der Waals surface area contributed by atoms with Gasteiger partial charge in [0.2, 0.25) is 0 Å². The van der Waals surface area contributed by atoms with Crippen LogP contribution in [0.3, 0.4) is 0 Å². The zero-order chi connectivity index (χ0) is 25.8. The Kier molecular flexibility index (Phi) is 7.45. The summed E-state index contributed by atoms with van der Waals surface area (Å²) in [6, 6.07) is 11.6. The molecule has 0 bridgehead atoms. The first kappa shape index (κ1) is 24.9. The van der Waals surface area contributed by atoms with E-state index in [1.165, 1.54) is 6.07 Å². The number of hydrogen-bond acceptors (Lipinski definition) is 8. The van der Waals surface area contributed by atoms with Crippen LogP contribution in [0.4, 0.5) is 4.39 Å². The van der Waals surface area contributed by atoms with Crippen LogP contribution in [0, 0.1) is 5.82 Å². The number of carbonyl (C=O) groups excluding carboxylic acids is 1. The molecule has 0 saturated carbocycles. The molecular weight excluding hydrogens is 483 g/mol. The van der Waals surface area contributed by atoms with Crippen LogP contribution >= 0.6 is 0 Å². The summed E-state index contributed by atoms with van der Waals surface area (Å²) in [5, 5.41) is 11.9. The number of rotatable bonds is 9. The maximum atomic E-state index is 14.6. The van der Waals surface area contributed by atoms with Crippen LogP contribution in [0.5, 0.6) is 5.75 Å².